The third-order valence-electron chi connectivity index (χ3n) is 1.88. The average molecular weight is 243 g/mol. The molecule has 0 aromatic heterocycles. The molecule has 0 saturated heterocycles. The number of carbonyl (C=O) groups excluding carboxylic acids is 1. The van der Waals surface area contributed by atoms with Gasteiger partial charge in [-0.1, -0.05) is 12.1 Å². The summed E-state index contributed by atoms with van der Waals surface area (Å²) in [6.07, 6.45) is 0.0389. The van der Waals surface area contributed by atoms with Crippen molar-refractivity contribution in [2.45, 2.75) is 18.2 Å². The molecule has 1 rings (SSSR count). The van der Waals surface area contributed by atoms with E-state index in [1.165, 1.54) is 18.2 Å². The third-order valence-corrected chi connectivity index (χ3v) is 2.79. The first-order chi connectivity index (χ1) is 7.43. The average Bonchev–Trinajstić information content (AvgIpc) is 2.17. The first-order valence-electron chi connectivity index (χ1n) is 4.71. The Labute approximate surface area is 94.3 Å². The van der Waals surface area contributed by atoms with Gasteiger partial charge in [0.2, 0.25) is 10.0 Å². The van der Waals surface area contributed by atoms with Gasteiger partial charge in [0.1, 0.15) is 0 Å². The Balaban J connectivity index is 2.88. The van der Waals surface area contributed by atoms with Crippen molar-refractivity contribution in [3.63, 3.8) is 0 Å². The van der Waals surface area contributed by atoms with Crippen molar-refractivity contribution < 1.29 is 17.9 Å². The van der Waals surface area contributed by atoms with Crippen molar-refractivity contribution in [2.24, 2.45) is 5.14 Å². The van der Waals surface area contributed by atoms with Crippen LogP contribution in [-0.2, 0) is 26.0 Å². The van der Waals surface area contributed by atoms with E-state index in [0.29, 0.717) is 12.2 Å². The van der Waals surface area contributed by atoms with Crippen molar-refractivity contribution in [3.8, 4) is 0 Å². The fourth-order valence-electron chi connectivity index (χ4n) is 1.21. The summed E-state index contributed by atoms with van der Waals surface area (Å²) in [5.41, 5.74) is 0.560. The maximum absolute atomic E-state index is 11.2. The van der Waals surface area contributed by atoms with Crippen LogP contribution in [0.1, 0.15) is 12.5 Å². The molecule has 2 N–H and O–H groups in total. The van der Waals surface area contributed by atoms with Crippen molar-refractivity contribution in [1.82, 2.24) is 0 Å². The molecular formula is C10H13NO4S. The lowest BCUT2D eigenvalue weighted by molar-refractivity contribution is -0.142. The van der Waals surface area contributed by atoms with Crippen LogP contribution < -0.4 is 5.14 Å². The molecule has 1 aromatic carbocycles. The van der Waals surface area contributed by atoms with Gasteiger partial charge >= 0.3 is 5.97 Å². The Hall–Kier alpha value is -1.40. The number of nitrogens with two attached hydrogens (primary N) is 1. The highest BCUT2D eigenvalue weighted by molar-refractivity contribution is 7.89. The quantitative estimate of drug-likeness (QED) is 0.777. The number of rotatable bonds is 4. The molecule has 88 valence electrons. The summed E-state index contributed by atoms with van der Waals surface area (Å²) >= 11 is 0. The summed E-state index contributed by atoms with van der Waals surface area (Å²) < 4.78 is 26.9. The molecule has 0 aliphatic rings. The molecule has 6 heteroatoms. The molecule has 0 amide bonds. The number of hydrogen-bond acceptors (Lipinski definition) is 4. The highest BCUT2D eigenvalue weighted by Crippen LogP contribution is 2.10. The molecule has 16 heavy (non-hydrogen) atoms. The maximum Gasteiger partial charge on any atom is 0.310 e. The summed E-state index contributed by atoms with van der Waals surface area (Å²) in [7, 11) is -3.73. The highest BCUT2D eigenvalue weighted by Gasteiger charge is 2.10. The Kier molecular flexibility index (Phi) is 4.03. The van der Waals surface area contributed by atoms with Crippen LogP contribution in [0.3, 0.4) is 0 Å². The van der Waals surface area contributed by atoms with Crippen molar-refractivity contribution >= 4 is 16.0 Å². The van der Waals surface area contributed by atoms with Gasteiger partial charge in [0.05, 0.1) is 17.9 Å². The van der Waals surface area contributed by atoms with E-state index in [9.17, 15) is 13.2 Å². The van der Waals surface area contributed by atoms with Gasteiger partial charge in [0.15, 0.2) is 0 Å². The van der Waals surface area contributed by atoms with Gasteiger partial charge in [-0.05, 0) is 24.6 Å². The Morgan fingerprint density at radius 3 is 2.69 bits per heavy atom. The predicted octanol–water partition coefficient (Wildman–Crippen LogP) is 0.440. The standard InChI is InChI=1S/C10H13NO4S/c1-2-15-10(12)7-8-4-3-5-9(6-8)16(11,13)14/h3-6H,2,7H2,1H3,(H2,11,13,14). The minimum atomic E-state index is -3.73. The molecule has 0 atom stereocenters. The maximum atomic E-state index is 11.2. The Morgan fingerprint density at radius 1 is 1.44 bits per heavy atom. The van der Waals surface area contributed by atoms with Crippen LogP contribution in [0, 0.1) is 0 Å². The van der Waals surface area contributed by atoms with Crippen molar-refractivity contribution in [1.29, 1.82) is 0 Å². The smallest absolute Gasteiger partial charge is 0.310 e. The SMILES string of the molecule is CCOC(=O)Cc1cccc(S(N)(=O)=O)c1. The molecule has 0 spiro atoms. The van der Waals surface area contributed by atoms with Gasteiger partial charge in [0, 0.05) is 0 Å². The number of carbonyl (C=O) groups is 1. The summed E-state index contributed by atoms with van der Waals surface area (Å²) in [5.74, 6) is -0.394. The molecule has 0 fully saturated rings. The topological polar surface area (TPSA) is 86.5 Å². The van der Waals surface area contributed by atoms with E-state index in [0.717, 1.165) is 0 Å². The Bertz CT molecular complexity index is 481. The first kappa shape index (κ1) is 12.7. The molecule has 0 aliphatic heterocycles. The van der Waals surface area contributed by atoms with Crippen LogP contribution in [0.4, 0.5) is 0 Å². The zero-order valence-corrected chi connectivity index (χ0v) is 9.66. The molecule has 0 unspecified atom stereocenters. The first-order valence-corrected chi connectivity index (χ1v) is 6.25. The molecule has 0 saturated carbocycles. The molecule has 0 heterocycles. The normalized spacial score (nSPS) is 11.1. The number of hydrogen-bond donors (Lipinski definition) is 1. The molecule has 5 nitrogen and oxygen atoms in total. The van der Waals surface area contributed by atoms with Crippen LogP contribution in [-0.4, -0.2) is 21.0 Å². The monoisotopic (exact) mass is 243 g/mol. The summed E-state index contributed by atoms with van der Waals surface area (Å²) in [6.45, 7) is 2.01. The van der Waals surface area contributed by atoms with E-state index < -0.39 is 16.0 Å². The second-order valence-corrected chi connectivity index (χ2v) is 4.74. The number of benzene rings is 1. The number of primary sulfonamides is 1. The molecule has 0 bridgehead atoms. The minimum Gasteiger partial charge on any atom is -0.466 e. The van der Waals surface area contributed by atoms with Crippen molar-refractivity contribution in [3.05, 3.63) is 29.8 Å². The summed E-state index contributed by atoms with van der Waals surface area (Å²) in [5, 5.41) is 4.97. The van der Waals surface area contributed by atoms with Gasteiger partial charge in [-0.25, -0.2) is 13.6 Å². The lowest BCUT2D eigenvalue weighted by atomic mass is 10.1. The second-order valence-electron chi connectivity index (χ2n) is 3.17. The fourth-order valence-corrected chi connectivity index (χ4v) is 1.80. The van der Waals surface area contributed by atoms with E-state index in [4.69, 9.17) is 9.88 Å². The summed E-state index contributed by atoms with van der Waals surface area (Å²) in [6, 6.07) is 5.93. The molecule has 0 radical (unpaired) electrons. The number of ether oxygens (including phenoxy) is 1. The number of sulfonamides is 1. The van der Waals surface area contributed by atoms with E-state index in [-0.39, 0.29) is 11.3 Å². The molecule has 1 aromatic rings. The van der Waals surface area contributed by atoms with Crippen LogP contribution in [0.5, 0.6) is 0 Å². The lowest BCUT2D eigenvalue weighted by Gasteiger charge is -2.03. The van der Waals surface area contributed by atoms with Gasteiger partial charge in [-0.2, -0.15) is 0 Å². The largest absolute Gasteiger partial charge is 0.466 e. The minimum absolute atomic E-state index is 0.00528. The van der Waals surface area contributed by atoms with Crippen LogP contribution >= 0.6 is 0 Å². The zero-order chi connectivity index (χ0) is 12.2. The molecular weight excluding hydrogens is 230 g/mol. The van der Waals surface area contributed by atoms with Crippen LogP contribution in [0.25, 0.3) is 0 Å². The van der Waals surface area contributed by atoms with Gasteiger partial charge < -0.3 is 4.74 Å². The zero-order valence-electron chi connectivity index (χ0n) is 8.84. The van der Waals surface area contributed by atoms with Gasteiger partial charge in [0.25, 0.3) is 0 Å². The second kappa shape index (κ2) is 5.09. The molecule has 0 aliphatic carbocycles. The predicted molar refractivity (Wildman–Crippen MR) is 58.2 cm³/mol. The van der Waals surface area contributed by atoms with E-state index in [1.54, 1.807) is 13.0 Å². The summed E-state index contributed by atoms with van der Waals surface area (Å²) in [4.78, 5) is 11.2. The van der Waals surface area contributed by atoms with Gasteiger partial charge in [-0.3, -0.25) is 4.79 Å². The van der Waals surface area contributed by atoms with E-state index in [2.05, 4.69) is 0 Å². The van der Waals surface area contributed by atoms with Crippen LogP contribution in [0.2, 0.25) is 0 Å². The van der Waals surface area contributed by atoms with Crippen molar-refractivity contribution in [2.75, 3.05) is 6.61 Å². The highest BCUT2D eigenvalue weighted by atomic mass is 32.2. The lowest BCUT2D eigenvalue weighted by Crippen LogP contribution is -2.13. The van der Waals surface area contributed by atoms with Crippen LogP contribution in [0.15, 0.2) is 29.2 Å². The van der Waals surface area contributed by atoms with E-state index >= 15 is 0 Å². The Morgan fingerprint density at radius 2 is 2.12 bits per heavy atom. The van der Waals surface area contributed by atoms with Gasteiger partial charge in [-0.15, -0.1) is 0 Å². The van der Waals surface area contributed by atoms with E-state index in [1.807, 2.05) is 0 Å². The fraction of sp³-hybridized carbons (Fsp3) is 0.300. The third kappa shape index (κ3) is 3.63. The number of esters is 1.